The average Bonchev–Trinajstić information content (AvgIpc) is 2.02. The highest BCUT2D eigenvalue weighted by Crippen LogP contribution is 2.57. The molecule has 0 atom stereocenters. The van der Waals surface area contributed by atoms with E-state index in [-0.39, 0.29) is 5.41 Å². The van der Waals surface area contributed by atoms with Crippen LogP contribution in [0, 0.1) is 16.7 Å². The lowest BCUT2D eigenvalue weighted by Gasteiger charge is -2.54. The van der Waals surface area contributed by atoms with Crippen molar-refractivity contribution in [1.82, 2.24) is 0 Å². The maximum Gasteiger partial charge on any atom is 0.142 e. The fraction of sp³-hybridized carbons (Fsp3) is 0.909. The maximum absolute atomic E-state index is 11.9. The third-order valence-corrected chi connectivity index (χ3v) is 4.58. The zero-order valence-electron chi connectivity index (χ0n) is 8.31. The van der Waals surface area contributed by atoms with Gasteiger partial charge in [0.15, 0.2) is 0 Å². The Hall–Kier alpha value is -0.330. The molecule has 0 saturated heterocycles. The van der Waals surface area contributed by atoms with Gasteiger partial charge in [-0.15, -0.1) is 0 Å². The van der Waals surface area contributed by atoms with E-state index in [0.29, 0.717) is 17.1 Å². The molecule has 3 fully saturated rings. The number of fused-ring (bicyclic) bond motifs is 3. The molecule has 0 aliphatic heterocycles. The second kappa shape index (κ2) is 2.12. The van der Waals surface area contributed by atoms with E-state index in [9.17, 15) is 4.79 Å². The molecule has 0 unspecified atom stereocenters. The Balaban J connectivity index is 2.41. The number of hydrogen-bond donors (Lipinski definition) is 0. The Kier molecular flexibility index (Phi) is 1.47. The van der Waals surface area contributed by atoms with Crippen LogP contribution in [0.4, 0.5) is 0 Å². The summed E-state index contributed by atoms with van der Waals surface area (Å²) in [6, 6.07) is 0. The third-order valence-electron chi connectivity index (χ3n) is 4.58. The largest absolute Gasteiger partial charge is 0.299 e. The molecule has 0 heterocycles. The van der Waals surface area contributed by atoms with Gasteiger partial charge in [0.1, 0.15) is 5.78 Å². The zero-order chi connectivity index (χ0) is 8.98. The van der Waals surface area contributed by atoms with Crippen LogP contribution in [-0.4, -0.2) is 5.78 Å². The van der Waals surface area contributed by atoms with Crippen molar-refractivity contribution in [1.29, 1.82) is 0 Å². The van der Waals surface area contributed by atoms with E-state index in [2.05, 4.69) is 20.8 Å². The van der Waals surface area contributed by atoms with Crippen LogP contribution in [0.5, 0.6) is 0 Å². The summed E-state index contributed by atoms with van der Waals surface area (Å²) in [5, 5.41) is 0. The highest BCUT2D eigenvalue weighted by molar-refractivity contribution is 5.88. The fourth-order valence-electron chi connectivity index (χ4n) is 2.95. The van der Waals surface area contributed by atoms with Crippen LogP contribution in [0.15, 0.2) is 0 Å². The Bertz CT molecular complexity index is 219. The second-order valence-electron chi connectivity index (χ2n) is 5.32. The number of rotatable bonds is 0. The molecule has 0 aromatic carbocycles. The van der Waals surface area contributed by atoms with E-state index in [4.69, 9.17) is 0 Å². The van der Waals surface area contributed by atoms with Gasteiger partial charge in [-0.3, -0.25) is 4.79 Å². The smallest absolute Gasteiger partial charge is 0.142 e. The minimum atomic E-state index is -0.0475. The van der Waals surface area contributed by atoms with Crippen LogP contribution in [0.2, 0.25) is 0 Å². The standard InChI is InChI=1S/C11H18O/c1-10(2)9(12)8-4-6-11(10,3)7-5-8/h8H,4-7H2,1-3H3. The molecule has 0 amide bonds. The van der Waals surface area contributed by atoms with Crippen molar-refractivity contribution in [3.05, 3.63) is 0 Å². The van der Waals surface area contributed by atoms with Crippen molar-refractivity contribution in [2.75, 3.05) is 0 Å². The molecule has 3 aliphatic rings. The third kappa shape index (κ3) is 0.773. The summed E-state index contributed by atoms with van der Waals surface area (Å²) in [5.41, 5.74) is 0.257. The van der Waals surface area contributed by atoms with Gasteiger partial charge >= 0.3 is 0 Å². The molecule has 2 bridgehead atoms. The first-order valence-electron chi connectivity index (χ1n) is 5.02. The first kappa shape index (κ1) is 8.28. The number of carbonyl (C=O) groups excluding carboxylic acids is 1. The molecular formula is C11H18O. The lowest BCUT2D eigenvalue weighted by atomic mass is 9.49. The van der Waals surface area contributed by atoms with Crippen LogP contribution in [0.3, 0.4) is 0 Å². The van der Waals surface area contributed by atoms with Crippen molar-refractivity contribution in [3.63, 3.8) is 0 Å². The van der Waals surface area contributed by atoms with Gasteiger partial charge in [0.05, 0.1) is 0 Å². The van der Waals surface area contributed by atoms with E-state index < -0.39 is 0 Å². The van der Waals surface area contributed by atoms with E-state index in [1.165, 1.54) is 12.8 Å². The summed E-state index contributed by atoms with van der Waals surface area (Å²) < 4.78 is 0. The first-order chi connectivity index (χ1) is 5.47. The second-order valence-corrected chi connectivity index (χ2v) is 5.32. The number of carbonyl (C=O) groups is 1. The van der Waals surface area contributed by atoms with E-state index in [0.717, 1.165) is 12.8 Å². The van der Waals surface area contributed by atoms with Gasteiger partial charge < -0.3 is 0 Å². The summed E-state index contributed by atoms with van der Waals surface area (Å²) in [6.45, 7) is 6.57. The molecule has 0 aromatic rings. The van der Waals surface area contributed by atoms with Crippen molar-refractivity contribution in [3.8, 4) is 0 Å². The molecule has 0 N–H and O–H groups in total. The lowest BCUT2D eigenvalue weighted by molar-refractivity contribution is -0.152. The van der Waals surface area contributed by atoms with Crippen LogP contribution in [0.1, 0.15) is 46.5 Å². The molecule has 0 spiro atoms. The number of hydrogen-bond acceptors (Lipinski definition) is 1. The molecule has 12 heavy (non-hydrogen) atoms. The average molecular weight is 166 g/mol. The summed E-state index contributed by atoms with van der Waals surface area (Å²) in [7, 11) is 0. The molecule has 3 rings (SSSR count). The molecule has 1 heteroatoms. The lowest BCUT2D eigenvalue weighted by Crippen LogP contribution is -2.53. The Morgan fingerprint density at radius 2 is 1.67 bits per heavy atom. The van der Waals surface area contributed by atoms with Crippen molar-refractivity contribution >= 4 is 5.78 Å². The zero-order valence-corrected chi connectivity index (χ0v) is 8.31. The Morgan fingerprint density at radius 1 is 1.17 bits per heavy atom. The normalized spacial score (nSPS) is 44.9. The maximum atomic E-state index is 11.9. The van der Waals surface area contributed by atoms with Crippen LogP contribution >= 0.6 is 0 Å². The minimum Gasteiger partial charge on any atom is -0.299 e. The van der Waals surface area contributed by atoms with Gasteiger partial charge in [0.2, 0.25) is 0 Å². The van der Waals surface area contributed by atoms with Gasteiger partial charge in [-0.25, -0.2) is 0 Å². The summed E-state index contributed by atoms with van der Waals surface area (Å²) in [4.78, 5) is 11.9. The molecule has 1 nitrogen and oxygen atoms in total. The van der Waals surface area contributed by atoms with Crippen LogP contribution in [0.25, 0.3) is 0 Å². The van der Waals surface area contributed by atoms with E-state index in [1.54, 1.807) is 0 Å². The molecule has 3 saturated carbocycles. The van der Waals surface area contributed by atoms with Gasteiger partial charge in [-0.1, -0.05) is 20.8 Å². The first-order valence-corrected chi connectivity index (χ1v) is 5.02. The Labute approximate surface area is 74.5 Å². The molecule has 3 aliphatic carbocycles. The quantitative estimate of drug-likeness (QED) is 0.541. The van der Waals surface area contributed by atoms with E-state index in [1.807, 2.05) is 0 Å². The predicted molar refractivity (Wildman–Crippen MR) is 48.9 cm³/mol. The van der Waals surface area contributed by atoms with Gasteiger partial charge in [0, 0.05) is 11.3 Å². The summed E-state index contributed by atoms with van der Waals surface area (Å²) in [6.07, 6.45) is 4.82. The van der Waals surface area contributed by atoms with Crippen molar-refractivity contribution in [2.45, 2.75) is 46.5 Å². The fourth-order valence-corrected chi connectivity index (χ4v) is 2.95. The highest BCUT2D eigenvalue weighted by atomic mass is 16.1. The number of Topliss-reactive ketones (excluding diaryl/α,β-unsaturated/α-hetero) is 1. The Morgan fingerprint density at radius 3 is 2.00 bits per heavy atom. The van der Waals surface area contributed by atoms with Gasteiger partial charge in [-0.05, 0) is 31.1 Å². The molecule has 68 valence electrons. The molecule has 0 radical (unpaired) electrons. The van der Waals surface area contributed by atoms with Crippen LogP contribution < -0.4 is 0 Å². The van der Waals surface area contributed by atoms with Crippen molar-refractivity contribution < 1.29 is 4.79 Å². The number of ketones is 1. The van der Waals surface area contributed by atoms with Gasteiger partial charge in [-0.2, -0.15) is 0 Å². The topological polar surface area (TPSA) is 17.1 Å². The predicted octanol–water partition coefficient (Wildman–Crippen LogP) is 2.79. The van der Waals surface area contributed by atoms with Crippen LogP contribution in [-0.2, 0) is 4.79 Å². The summed E-state index contributed by atoms with van der Waals surface area (Å²) >= 11 is 0. The monoisotopic (exact) mass is 166 g/mol. The van der Waals surface area contributed by atoms with Gasteiger partial charge in [0.25, 0.3) is 0 Å². The minimum absolute atomic E-state index is 0.0475. The SMILES string of the molecule is CC12CCC(CC1)C(=O)C2(C)C. The van der Waals surface area contributed by atoms with Crippen molar-refractivity contribution in [2.24, 2.45) is 16.7 Å². The molecule has 0 aromatic heterocycles. The highest BCUT2D eigenvalue weighted by Gasteiger charge is 2.55. The summed E-state index contributed by atoms with van der Waals surface area (Å²) in [5.74, 6) is 0.935. The van der Waals surface area contributed by atoms with E-state index >= 15 is 0 Å². The molecular weight excluding hydrogens is 148 g/mol.